The average molecular weight is 234 g/mol. The third-order valence-electron chi connectivity index (χ3n) is 2.03. The van der Waals surface area contributed by atoms with Gasteiger partial charge in [0.05, 0.1) is 16.8 Å². The Bertz CT molecular complexity index is 530. The molecule has 82 valence electrons. The molecular formula is C11H10N2O2S. The molecule has 1 heterocycles. The van der Waals surface area contributed by atoms with Gasteiger partial charge in [0, 0.05) is 13.0 Å². The molecule has 16 heavy (non-hydrogen) atoms. The standard InChI is InChI=1S/C11H10N2O2S/c12-7-11-13-9-3-2-8(6-10(9)16-11)15-5-1-4-14/h2-3,6,14H,1,4-5H2. The second-order valence-electron chi connectivity index (χ2n) is 3.19. The van der Waals surface area contributed by atoms with Gasteiger partial charge in [0.1, 0.15) is 11.8 Å². The van der Waals surface area contributed by atoms with E-state index in [0.717, 1.165) is 16.0 Å². The Labute approximate surface area is 96.7 Å². The summed E-state index contributed by atoms with van der Waals surface area (Å²) in [5.74, 6) is 0.745. The number of ether oxygens (including phenoxy) is 1. The number of hydrogen-bond acceptors (Lipinski definition) is 5. The second-order valence-corrected chi connectivity index (χ2v) is 4.22. The van der Waals surface area contributed by atoms with Crippen LogP contribution < -0.4 is 4.74 Å². The molecule has 0 aliphatic carbocycles. The Kier molecular flexibility index (Phi) is 3.34. The van der Waals surface area contributed by atoms with Crippen LogP contribution in [0, 0.1) is 11.3 Å². The van der Waals surface area contributed by atoms with Crippen molar-refractivity contribution in [2.45, 2.75) is 6.42 Å². The number of rotatable bonds is 4. The molecule has 0 unspecified atom stereocenters. The fourth-order valence-corrected chi connectivity index (χ4v) is 2.09. The van der Waals surface area contributed by atoms with Gasteiger partial charge < -0.3 is 9.84 Å². The van der Waals surface area contributed by atoms with E-state index in [4.69, 9.17) is 15.1 Å². The molecule has 1 aromatic carbocycles. The van der Waals surface area contributed by atoms with Crippen LogP contribution in [0.3, 0.4) is 0 Å². The number of nitrogens with zero attached hydrogens (tertiary/aromatic N) is 2. The minimum absolute atomic E-state index is 0.126. The predicted molar refractivity (Wildman–Crippen MR) is 61.5 cm³/mol. The van der Waals surface area contributed by atoms with Crippen molar-refractivity contribution in [3.05, 3.63) is 23.2 Å². The van der Waals surface area contributed by atoms with Crippen molar-refractivity contribution in [2.24, 2.45) is 0 Å². The van der Waals surface area contributed by atoms with Gasteiger partial charge in [-0.1, -0.05) is 0 Å². The third-order valence-corrected chi connectivity index (χ3v) is 2.95. The molecule has 5 heteroatoms. The van der Waals surface area contributed by atoms with E-state index in [9.17, 15) is 0 Å². The maximum atomic E-state index is 8.72. The quantitative estimate of drug-likeness (QED) is 0.821. The van der Waals surface area contributed by atoms with Crippen molar-refractivity contribution in [1.82, 2.24) is 4.98 Å². The van der Waals surface area contributed by atoms with E-state index in [0.29, 0.717) is 18.0 Å². The number of aromatic nitrogens is 1. The SMILES string of the molecule is N#Cc1nc2ccc(OCCCO)cc2s1. The van der Waals surface area contributed by atoms with Gasteiger partial charge in [-0.15, -0.1) is 11.3 Å². The minimum atomic E-state index is 0.126. The lowest BCUT2D eigenvalue weighted by Gasteiger charge is -2.03. The smallest absolute Gasteiger partial charge is 0.195 e. The molecule has 0 radical (unpaired) electrons. The normalized spacial score (nSPS) is 10.2. The van der Waals surface area contributed by atoms with Crippen molar-refractivity contribution in [2.75, 3.05) is 13.2 Å². The van der Waals surface area contributed by atoms with E-state index in [2.05, 4.69) is 4.98 Å². The zero-order chi connectivity index (χ0) is 11.4. The number of nitriles is 1. The summed E-state index contributed by atoms with van der Waals surface area (Å²) in [7, 11) is 0. The van der Waals surface area contributed by atoms with E-state index < -0.39 is 0 Å². The molecule has 0 aliphatic rings. The lowest BCUT2D eigenvalue weighted by atomic mass is 10.3. The summed E-state index contributed by atoms with van der Waals surface area (Å²) in [6.45, 7) is 0.618. The highest BCUT2D eigenvalue weighted by Crippen LogP contribution is 2.25. The van der Waals surface area contributed by atoms with Gasteiger partial charge in [0.25, 0.3) is 0 Å². The zero-order valence-corrected chi connectivity index (χ0v) is 9.33. The van der Waals surface area contributed by atoms with Crippen molar-refractivity contribution in [3.63, 3.8) is 0 Å². The first kappa shape index (κ1) is 10.9. The van der Waals surface area contributed by atoms with Crippen LogP contribution in [0.5, 0.6) is 5.75 Å². The van der Waals surface area contributed by atoms with E-state index in [-0.39, 0.29) is 6.61 Å². The number of aliphatic hydroxyl groups excluding tert-OH is 1. The number of hydrogen-bond donors (Lipinski definition) is 1. The summed E-state index contributed by atoms with van der Waals surface area (Å²) in [6, 6.07) is 7.54. The molecule has 0 aliphatic heterocycles. The highest BCUT2D eigenvalue weighted by atomic mass is 32.1. The van der Waals surface area contributed by atoms with Crippen LogP contribution in [0.15, 0.2) is 18.2 Å². The summed E-state index contributed by atoms with van der Waals surface area (Å²) in [6.07, 6.45) is 0.615. The van der Waals surface area contributed by atoms with E-state index in [1.807, 2.05) is 24.3 Å². The van der Waals surface area contributed by atoms with E-state index in [1.54, 1.807) is 0 Å². The van der Waals surface area contributed by atoms with Gasteiger partial charge in [0.15, 0.2) is 5.01 Å². The van der Waals surface area contributed by atoms with Crippen LogP contribution in [0.1, 0.15) is 11.4 Å². The van der Waals surface area contributed by atoms with Crippen molar-refractivity contribution < 1.29 is 9.84 Å². The van der Waals surface area contributed by atoms with Crippen LogP contribution in [0.25, 0.3) is 10.2 Å². The average Bonchev–Trinajstić information content (AvgIpc) is 2.71. The molecule has 1 aromatic heterocycles. The van der Waals surface area contributed by atoms with Crippen molar-refractivity contribution >= 4 is 21.6 Å². The topological polar surface area (TPSA) is 66.1 Å². The van der Waals surface area contributed by atoms with Gasteiger partial charge >= 0.3 is 0 Å². The van der Waals surface area contributed by atoms with Gasteiger partial charge in [-0.2, -0.15) is 5.26 Å². The lowest BCUT2D eigenvalue weighted by Crippen LogP contribution is -1.99. The fraction of sp³-hybridized carbons (Fsp3) is 0.273. The summed E-state index contributed by atoms with van der Waals surface area (Å²) >= 11 is 1.35. The summed E-state index contributed by atoms with van der Waals surface area (Å²) < 4.78 is 6.38. The van der Waals surface area contributed by atoms with Crippen LogP contribution in [-0.2, 0) is 0 Å². The molecule has 4 nitrogen and oxygen atoms in total. The molecule has 0 saturated carbocycles. The molecular weight excluding hydrogens is 224 g/mol. The fourth-order valence-electron chi connectivity index (χ4n) is 1.30. The monoisotopic (exact) mass is 234 g/mol. The Morgan fingerprint density at radius 2 is 2.38 bits per heavy atom. The Morgan fingerprint density at radius 1 is 1.50 bits per heavy atom. The number of benzene rings is 1. The minimum Gasteiger partial charge on any atom is -0.493 e. The van der Waals surface area contributed by atoms with Crippen LogP contribution >= 0.6 is 11.3 Å². The van der Waals surface area contributed by atoms with E-state index >= 15 is 0 Å². The Morgan fingerprint density at radius 3 is 3.12 bits per heavy atom. The summed E-state index contributed by atoms with van der Waals surface area (Å²) in [5, 5.41) is 17.8. The molecule has 2 rings (SSSR count). The van der Waals surface area contributed by atoms with Crippen molar-refractivity contribution in [1.29, 1.82) is 5.26 Å². The molecule has 0 spiro atoms. The molecule has 0 fully saturated rings. The van der Waals surface area contributed by atoms with Crippen LogP contribution in [-0.4, -0.2) is 23.3 Å². The number of fused-ring (bicyclic) bond motifs is 1. The molecule has 0 amide bonds. The van der Waals surface area contributed by atoms with Gasteiger partial charge in [-0.3, -0.25) is 0 Å². The van der Waals surface area contributed by atoms with Gasteiger partial charge in [-0.25, -0.2) is 4.98 Å². The molecule has 0 bridgehead atoms. The first-order valence-electron chi connectivity index (χ1n) is 4.88. The van der Waals surface area contributed by atoms with Gasteiger partial charge in [-0.05, 0) is 18.2 Å². The second kappa shape index (κ2) is 4.92. The zero-order valence-electron chi connectivity index (χ0n) is 8.51. The predicted octanol–water partition coefficient (Wildman–Crippen LogP) is 1.93. The Balaban J connectivity index is 2.19. The molecule has 0 atom stereocenters. The Hall–Kier alpha value is -1.64. The van der Waals surface area contributed by atoms with Crippen LogP contribution in [0.4, 0.5) is 0 Å². The highest BCUT2D eigenvalue weighted by molar-refractivity contribution is 7.19. The lowest BCUT2D eigenvalue weighted by molar-refractivity contribution is 0.234. The van der Waals surface area contributed by atoms with Gasteiger partial charge in [0.2, 0.25) is 0 Å². The largest absolute Gasteiger partial charge is 0.493 e. The molecule has 0 saturated heterocycles. The third kappa shape index (κ3) is 2.30. The highest BCUT2D eigenvalue weighted by Gasteiger charge is 2.04. The first-order valence-corrected chi connectivity index (χ1v) is 5.69. The molecule has 2 aromatic rings. The first-order chi connectivity index (χ1) is 7.83. The van der Waals surface area contributed by atoms with E-state index in [1.165, 1.54) is 11.3 Å². The van der Waals surface area contributed by atoms with Crippen LogP contribution in [0.2, 0.25) is 0 Å². The number of aliphatic hydroxyl groups is 1. The molecule has 1 N–H and O–H groups in total. The van der Waals surface area contributed by atoms with Crippen molar-refractivity contribution in [3.8, 4) is 11.8 Å². The summed E-state index contributed by atoms with van der Waals surface area (Å²) in [4.78, 5) is 4.13. The number of thiazole rings is 1. The summed E-state index contributed by atoms with van der Waals surface area (Å²) in [5.41, 5.74) is 0.816. The maximum Gasteiger partial charge on any atom is 0.195 e. The maximum absolute atomic E-state index is 8.72.